The zero-order valence-corrected chi connectivity index (χ0v) is 28.0. The highest BCUT2D eigenvalue weighted by atomic mass is 16.3. The smallest absolute Gasteiger partial charge is 0.124 e. The first-order valence-electron chi connectivity index (χ1n) is 15.6. The number of hydrogen-bond acceptors (Lipinski definition) is 2. The maximum absolute atomic E-state index is 11.0. The van der Waals surface area contributed by atoms with Crippen LogP contribution in [0.4, 0.5) is 5.69 Å². The summed E-state index contributed by atoms with van der Waals surface area (Å²) in [4.78, 5) is 5.09. The second kappa shape index (κ2) is 11.7. The maximum Gasteiger partial charge on any atom is 0.124 e. The minimum atomic E-state index is 0.00449. The van der Waals surface area contributed by atoms with Gasteiger partial charge in [-0.3, -0.25) is 4.99 Å². The number of fused-ring (bicyclic) bond motifs is 1. The Labute approximate surface area is 254 Å². The van der Waals surface area contributed by atoms with Gasteiger partial charge in [0.05, 0.1) is 5.69 Å². The lowest BCUT2D eigenvalue weighted by Crippen LogP contribution is -2.12. The van der Waals surface area contributed by atoms with E-state index in [1.54, 1.807) is 0 Å². The molecule has 0 aliphatic rings. The Morgan fingerprint density at radius 3 is 1.74 bits per heavy atom. The first-order chi connectivity index (χ1) is 19.5. The number of aliphatic imine (C=N–C) groups is 1. The summed E-state index contributed by atoms with van der Waals surface area (Å²) in [6.07, 6.45) is 1.86. The van der Waals surface area contributed by atoms with E-state index in [1.807, 2.05) is 18.3 Å². The molecule has 0 radical (unpaired) electrons. The van der Waals surface area contributed by atoms with Gasteiger partial charge in [-0.1, -0.05) is 126 Å². The van der Waals surface area contributed by atoms with Crippen molar-refractivity contribution in [3.63, 3.8) is 0 Å². The lowest BCUT2D eigenvalue weighted by Gasteiger charge is -2.24. The van der Waals surface area contributed by atoms with E-state index in [0.717, 1.165) is 16.8 Å². The first kappa shape index (κ1) is 31.5. The fourth-order valence-corrected chi connectivity index (χ4v) is 5.53. The summed E-state index contributed by atoms with van der Waals surface area (Å²) in [6.45, 7) is 27.0. The topological polar surface area (TPSA) is 32.6 Å². The Balaban J connectivity index is 1.90. The molecule has 0 aromatic heterocycles. The van der Waals surface area contributed by atoms with Crippen LogP contribution in [0.5, 0.6) is 5.75 Å². The van der Waals surface area contributed by atoms with Gasteiger partial charge in [0.1, 0.15) is 5.75 Å². The molecule has 0 aliphatic heterocycles. The van der Waals surface area contributed by atoms with E-state index in [9.17, 15) is 5.11 Å². The molecule has 0 saturated carbocycles. The molecule has 0 fully saturated rings. The SMILES string of the molecule is CC(C)c1cc(C(C)C)c(N=Cc2cc(-c3cc(C(C)(C)C)cc4cc(C(C)(C)C)ccc34)ccc2O)c(C(C)C)c1. The quantitative estimate of drug-likeness (QED) is 0.233. The van der Waals surface area contributed by atoms with Crippen LogP contribution in [0.1, 0.15) is 134 Å². The second-order valence-electron chi connectivity index (χ2n) is 15.0. The van der Waals surface area contributed by atoms with E-state index >= 15 is 0 Å². The normalized spacial score (nSPS) is 12.9. The minimum Gasteiger partial charge on any atom is -0.507 e. The molecule has 0 amide bonds. The summed E-state index contributed by atoms with van der Waals surface area (Å²) in [7, 11) is 0. The molecule has 2 heteroatoms. The van der Waals surface area contributed by atoms with Crippen LogP contribution < -0.4 is 0 Å². The Kier molecular flexibility index (Phi) is 8.79. The van der Waals surface area contributed by atoms with Crippen LogP contribution in [-0.2, 0) is 10.8 Å². The molecular weight excluding hydrogens is 510 g/mol. The fourth-order valence-electron chi connectivity index (χ4n) is 5.53. The van der Waals surface area contributed by atoms with Crippen LogP contribution in [0.15, 0.2) is 65.7 Å². The van der Waals surface area contributed by atoms with Gasteiger partial charge >= 0.3 is 0 Å². The highest BCUT2D eigenvalue weighted by Gasteiger charge is 2.20. The third-order valence-corrected chi connectivity index (χ3v) is 8.46. The third kappa shape index (κ3) is 6.64. The van der Waals surface area contributed by atoms with Gasteiger partial charge in [0.25, 0.3) is 0 Å². The molecule has 0 atom stereocenters. The largest absolute Gasteiger partial charge is 0.507 e. The van der Waals surface area contributed by atoms with Crippen molar-refractivity contribution in [1.29, 1.82) is 0 Å². The Morgan fingerprint density at radius 1 is 0.643 bits per heavy atom. The van der Waals surface area contributed by atoms with Crippen molar-refractivity contribution in [1.82, 2.24) is 0 Å². The fraction of sp³-hybridized carbons (Fsp3) is 0.425. The predicted molar refractivity (Wildman–Crippen MR) is 184 cm³/mol. The summed E-state index contributed by atoms with van der Waals surface area (Å²) in [6, 6.07) is 22.1. The first-order valence-corrected chi connectivity index (χ1v) is 15.6. The molecule has 0 bridgehead atoms. The van der Waals surface area contributed by atoms with Gasteiger partial charge in [0, 0.05) is 11.8 Å². The van der Waals surface area contributed by atoms with Gasteiger partial charge < -0.3 is 5.11 Å². The molecule has 0 unspecified atom stereocenters. The van der Waals surface area contributed by atoms with E-state index in [4.69, 9.17) is 4.99 Å². The summed E-state index contributed by atoms with van der Waals surface area (Å²) in [5, 5.41) is 13.4. The van der Waals surface area contributed by atoms with Crippen LogP contribution in [-0.4, -0.2) is 11.3 Å². The van der Waals surface area contributed by atoms with E-state index < -0.39 is 0 Å². The molecule has 0 spiro atoms. The maximum atomic E-state index is 11.0. The molecule has 0 saturated heterocycles. The van der Waals surface area contributed by atoms with E-state index in [-0.39, 0.29) is 16.6 Å². The van der Waals surface area contributed by atoms with Crippen molar-refractivity contribution < 1.29 is 5.11 Å². The molecule has 42 heavy (non-hydrogen) atoms. The van der Waals surface area contributed by atoms with Crippen LogP contribution in [0, 0.1) is 0 Å². The van der Waals surface area contributed by atoms with Gasteiger partial charge in [0.2, 0.25) is 0 Å². The van der Waals surface area contributed by atoms with Gasteiger partial charge in [-0.25, -0.2) is 0 Å². The number of nitrogens with zero attached hydrogens (tertiary/aromatic N) is 1. The summed E-state index contributed by atoms with van der Waals surface area (Å²) in [5.41, 5.74) is 10.6. The molecule has 1 N–H and O–H groups in total. The van der Waals surface area contributed by atoms with E-state index in [1.165, 1.54) is 44.2 Å². The molecular formula is C40H51NO. The van der Waals surface area contributed by atoms with Crippen LogP contribution >= 0.6 is 0 Å². The zero-order valence-electron chi connectivity index (χ0n) is 28.0. The summed E-state index contributed by atoms with van der Waals surface area (Å²) >= 11 is 0. The molecule has 4 aromatic rings. The van der Waals surface area contributed by atoms with Crippen molar-refractivity contribution in [2.45, 2.75) is 112 Å². The molecule has 4 aromatic carbocycles. The number of aromatic hydroxyl groups is 1. The van der Waals surface area contributed by atoms with Crippen molar-refractivity contribution >= 4 is 22.7 Å². The average molecular weight is 562 g/mol. The Morgan fingerprint density at radius 2 is 1.21 bits per heavy atom. The monoisotopic (exact) mass is 561 g/mol. The lowest BCUT2D eigenvalue weighted by molar-refractivity contribution is 0.474. The van der Waals surface area contributed by atoms with Crippen molar-refractivity contribution in [2.75, 3.05) is 0 Å². The Hall–Kier alpha value is -3.39. The third-order valence-electron chi connectivity index (χ3n) is 8.46. The Bertz CT molecular complexity index is 1590. The van der Waals surface area contributed by atoms with Crippen LogP contribution in [0.25, 0.3) is 21.9 Å². The number of rotatable bonds is 6. The van der Waals surface area contributed by atoms with Gasteiger partial charge in [-0.05, 0) is 96.5 Å². The van der Waals surface area contributed by atoms with Gasteiger partial charge in [0.15, 0.2) is 0 Å². The highest BCUT2D eigenvalue weighted by molar-refractivity contribution is 5.99. The highest BCUT2D eigenvalue weighted by Crippen LogP contribution is 2.40. The van der Waals surface area contributed by atoms with Crippen LogP contribution in [0.3, 0.4) is 0 Å². The van der Waals surface area contributed by atoms with Crippen LogP contribution in [0.2, 0.25) is 0 Å². The minimum absolute atomic E-state index is 0.00449. The van der Waals surface area contributed by atoms with Crippen molar-refractivity contribution in [3.05, 3.63) is 94.0 Å². The van der Waals surface area contributed by atoms with Gasteiger partial charge in [-0.2, -0.15) is 0 Å². The average Bonchev–Trinajstić information content (AvgIpc) is 2.90. The molecule has 0 aliphatic carbocycles. The molecule has 0 heterocycles. The molecule has 222 valence electrons. The number of phenols is 1. The van der Waals surface area contributed by atoms with Gasteiger partial charge in [-0.15, -0.1) is 0 Å². The number of benzene rings is 4. The summed E-state index contributed by atoms with van der Waals surface area (Å²) < 4.78 is 0. The summed E-state index contributed by atoms with van der Waals surface area (Å²) in [5.74, 6) is 1.39. The van der Waals surface area contributed by atoms with E-state index in [0.29, 0.717) is 17.8 Å². The lowest BCUT2D eigenvalue weighted by atomic mass is 9.81. The van der Waals surface area contributed by atoms with E-state index in [2.05, 4.69) is 132 Å². The molecule has 4 rings (SSSR count). The second-order valence-corrected chi connectivity index (χ2v) is 15.0. The van der Waals surface area contributed by atoms with Crippen molar-refractivity contribution in [3.8, 4) is 16.9 Å². The number of hydrogen-bond donors (Lipinski definition) is 1. The predicted octanol–water partition coefficient (Wildman–Crippen LogP) is 11.9. The number of phenolic OH excluding ortho intramolecular Hbond substituents is 1. The van der Waals surface area contributed by atoms with Crippen molar-refractivity contribution in [2.24, 2.45) is 4.99 Å². The zero-order chi connectivity index (χ0) is 31.1. The molecule has 2 nitrogen and oxygen atoms in total. The standard InChI is InChI=1S/C40H51NO/c1-24(2)28-20-34(25(3)4)38(35(21-28)26(5)6)41-23-30-17-27(13-16-37(30)42)36-22-32(40(10,11)12)19-29-18-31(39(7,8)9)14-15-33(29)36/h13-26,42H,1-12H3.